The third-order valence-electron chi connectivity index (χ3n) is 5.27. The monoisotopic (exact) mass is 289 g/mol. The molecule has 5 rings (SSSR count). The lowest BCUT2D eigenvalue weighted by atomic mass is 9.64. The molecular formula is C16H19NO4. The first-order valence-corrected chi connectivity index (χ1v) is 7.77. The standard InChI is InChI=1S/C16H19NO4/c18-17(19)13-4-6-14(7-5-13)20-16-12-8-10-2-1-3-11(9-12)15(10)21-16/h4-7,10-12,15-16H,1-3,8-9H2. The molecule has 1 aromatic carbocycles. The zero-order chi connectivity index (χ0) is 14.4. The van der Waals surface area contributed by atoms with Crippen LogP contribution in [0.3, 0.4) is 0 Å². The van der Waals surface area contributed by atoms with Gasteiger partial charge in [-0.2, -0.15) is 0 Å². The lowest BCUT2D eigenvalue weighted by molar-refractivity contribution is -0.384. The maximum absolute atomic E-state index is 10.7. The molecule has 0 aromatic heterocycles. The van der Waals surface area contributed by atoms with Crippen LogP contribution in [0.5, 0.6) is 5.75 Å². The van der Waals surface area contributed by atoms with E-state index in [1.165, 1.54) is 44.2 Å². The highest BCUT2D eigenvalue weighted by atomic mass is 16.7. The number of nitro benzene ring substituents is 1. The first-order valence-electron chi connectivity index (χ1n) is 7.77. The SMILES string of the molecule is O=[N+]([O-])c1ccc(OC2OC3C4CCCC3CC2C4)cc1. The Labute approximate surface area is 123 Å². The maximum atomic E-state index is 10.7. The van der Waals surface area contributed by atoms with Gasteiger partial charge >= 0.3 is 0 Å². The highest BCUT2D eigenvalue weighted by Gasteiger charge is 2.50. The molecule has 2 heterocycles. The fourth-order valence-electron chi connectivity index (χ4n) is 4.35. The Morgan fingerprint density at radius 3 is 2.33 bits per heavy atom. The van der Waals surface area contributed by atoms with Gasteiger partial charge in [0.1, 0.15) is 5.75 Å². The summed E-state index contributed by atoms with van der Waals surface area (Å²) >= 11 is 0. The second kappa shape index (κ2) is 4.98. The zero-order valence-corrected chi connectivity index (χ0v) is 11.8. The lowest BCUT2D eigenvalue weighted by Gasteiger charge is -2.53. The quantitative estimate of drug-likeness (QED) is 0.631. The van der Waals surface area contributed by atoms with E-state index in [0.717, 1.165) is 11.8 Å². The van der Waals surface area contributed by atoms with E-state index in [-0.39, 0.29) is 12.0 Å². The summed E-state index contributed by atoms with van der Waals surface area (Å²) in [7, 11) is 0. The van der Waals surface area contributed by atoms with Gasteiger partial charge in [0.05, 0.1) is 11.0 Å². The Bertz CT molecular complexity index is 530. The number of non-ortho nitro benzene ring substituents is 1. The van der Waals surface area contributed by atoms with E-state index in [1.54, 1.807) is 12.1 Å². The minimum Gasteiger partial charge on any atom is -0.465 e. The van der Waals surface area contributed by atoms with E-state index < -0.39 is 4.92 Å². The van der Waals surface area contributed by atoms with Crippen molar-refractivity contribution in [3.8, 4) is 5.75 Å². The topological polar surface area (TPSA) is 61.6 Å². The Balaban J connectivity index is 1.45. The number of ether oxygens (including phenoxy) is 2. The molecule has 0 amide bonds. The highest BCUT2D eigenvalue weighted by molar-refractivity contribution is 5.36. The molecule has 2 aliphatic heterocycles. The summed E-state index contributed by atoms with van der Waals surface area (Å²) in [4.78, 5) is 10.3. The second-order valence-corrected chi connectivity index (χ2v) is 6.52. The van der Waals surface area contributed by atoms with Crippen molar-refractivity contribution in [1.82, 2.24) is 0 Å². The summed E-state index contributed by atoms with van der Waals surface area (Å²) in [5.74, 6) is 2.57. The van der Waals surface area contributed by atoms with E-state index in [0.29, 0.717) is 17.8 Å². The molecule has 112 valence electrons. The largest absolute Gasteiger partial charge is 0.465 e. The summed E-state index contributed by atoms with van der Waals surface area (Å²) < 4.78 is 12.1. The van der Waals surface area contributed by atoms with Crippen LogP contribution in [-0.4, -0.2) is 17.3 Å². The molecule has 2 aliphatic carbocycles. The summed E-state index contributed by atoms with van der Waals surface area (Å²) in [6.45, 7) is 0. The molecule has 4 fully saturated rings. The molecule has 2 saturated carbocycles. The third kappa shape index (κ3) is 2.29. The average Bonchev–Trinajstić information content (AvgIpc) is 2.47. The van der Waals surface area contributed by atoms with Crippen LogP contribution in [0.1, 0.15) is 32.1 Å². The molecule has 0 radical (unpaired) electrons. The van der Waals surface area contributed by atoms with E-state index >= 15 is 0 Å². The van der Waals surface area contributed by atoms with Gasteiger partial charge < -0.3 is 9.47 Å². The van der Waals surface area contributed by atoms with E-state index in [4.69, 9.17) is 9.47 Å². The third-order valence-corrected chi connectivity index (χ3v) is 5.27. The Morgan fingerprint density at radius 2 is 1.76 bits per heavy atom. The lowest BCUT2D eigenvalue weighted by Crippen LogP contribution is -2.54. The minimum absolute atomic E-state index is 0.0861. The van der Waals surface area contributed by atoms with Gasteiger partial charge in [-0.3, -0.25) is 10.1 Å². The Kier molecular flexibility index (Phi) is 3.10. The average molecular weight is 289 g/mol. The van der Waals surface area contributed by atoms with Crippen LogP contribution in [-0.2, 0) is 4.74 Å². The van der Waals surface area contributed by atoms with Crippen LogP contribution in [0.25, 0.3) is 0 Å². The van der Waals surface area contributed by atoms with Crippen LogP contribution in [0, 0.1) is 27.9 Å². The van der Waals surface area contributed by atoms with Crippen molar-refractivity contribution >= 4 is 5.69 Å². The van der Waals surface area contributed by atoms with E-state index in [1.807, 2.05) is 0 Å². The number of fused-ring (bicyclic) bond motifs is 1. The molecule has 4 bridgehead atoms. The predicted octanol–water partition coefficient (Wildman–Crippen LogP) is 3.52. The van der Waals surface area contributed by atoms with Gasteiger partial charge in [0.2, 0.25) is 6.29 Å². The second-order valence-electron chi connectivity index (χ2n) is 6.52. The molecule has 21 heavy (non-hydrogen) atoms. The number of hydrogen-bond acceptors (Lipinski definition) is 4. The van der Waals surface area contributed by atoms with Crippen molar-refractivity contribution in [1.29, 1.82) is 0 Å². The van der Waals surface area contributed by atoms with Gasteiger partial charge in [-0.25, -0.2) is 0 Å². The molecule has 5 heteroatoms. The summed E-state index contributed by atoms with van der Waals surface area (Å²) in [6.07, 6.45) is 6.53. The maximum Gasteiger partial charge on any atom is 0.269 e. The van der Waals surface area contributed by atoms with E-state index in [2.05, 4.69) is 0 Å². The van der Waals surface area contributed by atoms with Crippen LogP contribution in [0.4, 0.5) is 5.69 Å². The number of rotatable bonds is 3. The highest BCUT2D eigenvalue weighted by Crippen LogP contribution is 2.50. The van der Waals surface area contributed by atoms with Crippen LogP contribution < -0.4 is 4.74 Å². The van der Waals surface area contributed by atoms with E-state index in [9.17, 15) is 10.1 Å². The first-order chi connectivity index (χ1) is 10.2. The number of nitro groups is 1. The molecule has 3 atom stereocenters. The summed E-state index contributed by atoms with van der Waals surface area (Å²) in [6, 6.07) is 6.27. The van der Waals surface area contributed by atoms with Crippen LogP contribution in [0.2, 0.25) is 0 Å². The molecular weight excluding hydrogens is 270 g/mol. The van der Waals surface area contributed by atoms with Gasteiger partial charge in [0.25, 0.3) is 5.69 Å². The Hall–Kier alpha value is -1.62. The minimum atomic E-state index is -0.399. The van der Waals surface area contributed by atoms with Crippen molar-refractivity contribution in [2.24, 2.45) is 17.8 Å². The van der Waals surface area contributed by atoms with Gasteiger partial charge in [-0.15, -0.1) is 0 Å². The van der Waals surface area contributed by atoms with Crippen LogP contribution >= 0.6 is 0 Å². The van der Waals surface area contributed by atoms with Crippen molar-refractivity contribution < 1.29 is 14.4 Å². The molecule has 5 nitrogen and oxygen atoms in total. The van der Waals surface area contributed by atoms with Crippen molar-refractivity contribution in [3.05, 3.63) is 34.4 Å². The normalized spacial score (nSPS) is 37.2. The molecule has 4 aliphatic rings. The smallest absolute Gasteiger partial charge is 0.269 e. The fraction of sp³-hybridized carbons (Fsp3) is 0.625. The number of hydrogen-bond donors (Lipinski definition) is 0. The van der Waals surface area contributed by atoms with Gasteiger partial charge in [-0.05, 0) is 49.7 Å². The van der Waals surface area contributed by atoms with Crippen LogP contribution in [0.15, 0.2) is 24.3 Å². The van der Waals surface area contributed by atoms with Gasteiger partial charge in [0.15, 0.2) is 0 Å². The zero-order valence-electron chi connectivity index (χ0n) is 11.8. The predicted molar refractivity (Wildman–Crippen MR) is 75.9 cm³/mol. The molecule has 0 spiro atoms. The van der Waals surface area contributed by atoms with Crippen molar-refractivity contribution in [3.63, 3.8) is 0 Å². The number of nitrogens with zero attached hydrogens (tertiary/aromatic N) is 1. The summed E-state index contributed by atoms with van der Waals surface area (Å²) in [5, 5.41) is 10.7. The van der Waals surface area contributed by atoms with Gasteiger partial charge in [0, 0.05) is 18.1 Å². The van der Waals surface area contributed by atoms with Crippen molar-refractivity contribution in [2.75, 3.05) is 0 Å². The molecule has 2 saturated heterocycles. The van der Waals surface area contributed by atoms with Gasteiger partial charge in [-0.1, -0.05) is 6.42 Å². The molecule has 1 aromatic rings. The fourth-order valence-corrected chi connectivity index (χ4v) is 4.35. The Morgan fingerprint density at radius 1 is 1.10 bits per heavy atom. The summed E-state index contributed by atoms with van der Waals surface area (Å²) in [5.41, 5.74) is 0.0861. The first kappa shape index (κ1) is 13.1. The molecule has 3 unspecified atom stereocenters. The molecule has 0 N–H and O–H groups in total. The van der Waals surface area contributed by atoms with Crippen molar-refractivity contribution in [2.45, 2.75) is 44.5 Å². The number of benzene rings is 1.